The minimum atomic E-state index is -0.212. The molecule has 130 valence electrons. The summed E-state index contributed by atoms with van der Waals surface area (Å²) in [6, 6.07) is 14.3. The standard InChI is InChI=1S/C20H23N3O2/c1-13(17-8-4-6-14-5-2-3-7-18(14)17)21-20(25)22-15-11-19(24)23(12-15)16-9-10-16/h2-8,13,15-16H,9-12H2,1H3,(H2,21,22,25). The number of urea groups is 1. The van der Waals surface area contributed by atoms with E-state index in [1.165, 1.54) is 0 Å². The number of hydrogen-bond donors (Lipinski definition) is 2. The van der Waals surface area contributed by atoms with Crippen molar-refractivity contribution in [3.63, 3.8) is 0 Å². The van der Waals surface area contributed by atoms with E-state index in [4.69, 9.17) is 0 Å². The van der Waals surface area contributed by atoms with Crippen LogP contribution < -0.4 is 10.6 Å². The highest BCUT2D eigenvalue weighted by atomic mass is 16.2. The number of fused-ring (bicyclic) bond motifs is 1. The van der Waals surface area contributed by atoms with Gasteiger partial charge in [0.05, 0.1) is 12.1 Å². The Morgan fingerprint density at radius 3 is 2.72 bits per heavy atom. The van der Waals surface area contributed by atoms with Gasteiger partial charge in [-0.25, -0.2) is 4.79 Å². The van der Waals surface area contributed by atoms with Crippen LogP contribution in [0.2, 0.25) is 0 Å². The van der Waals surface area contributed by atoms with E-state index in [0.717, 1.165) is 29.2 Å². The number of carbonyl (C=O) groups excluding carboxylic acids is 2. The first kappa shape index (κ1) is 15.9. The van der Waals surface area contributed by atoms with Crippen molar-refractivity contribution in [3.8, 4) is 0 Å². The first-order chi connectivity index (χ1) is 12.1. The van der Waals surface area contributed by atoms with Gasteiger partial charge in [-0.1, -0.05) is 42.5 Å². The van der Waals surface area contributed by atoms with Gasteiger partial charge in [-0.15, -0.1) is 0 Å². The highest BCUT2D eigenvalue weighted by molar-refractivity contribution is 5.87. The molecule has 0 bridgehead atoms. The predicted molar refractivity (Wildman–Crippen MR) is 97.2 cm³/mol. The van der Waals surface area contributed by atoms with Crippen LogP contribution in [0.1, 0.15) is 37.8 Å². The molecule has 2 unspecified atom stereocenters. The quantitative estimate of drug-likeness (QED) is 0.901. The number of amides is 3. The van der Waals surface area contributed by atoms with Crippen molar-refractivity contribution in [2.24, 2.45) is 0 Å². The van der Waals surface area contributed by atoms with Crippen molar-refractivity contribution in [1.82, 2.24) is 15.5 Å². The maximum Gasteiger partial charge on any atom is 0.315 e. The molecule has 1 heterocycles. The topological polar surface area (TPSA) is 61.4 Å². The maximum absolute atomic E-state index is 12.4. The summed E-state index contributed by atoms with van der Waals surface area (Å²) in [4.78, 5) is 26.3. The average molecular weight is 337 g/mol. The molecule has 2 aliphatic rings. The second-order valence-electron chi connectivity index (χ2n) is 7.09. The molecule has 4 rings (SSSR count). The van der Waals surface area contributed by atoms with E-state index in [2.05, 4.69) is 28.8 Å². The van der Waals surface area contributed by atoms with Crippen LogP contribution in [-0.2, 0) is 4.79 Å². The van der Waals surface area contributed by atoms with Crippen LogP contribution in [0.15, 0.2) is 42.5 Å². The van der Waals surface area contributed by atoms with E-state index in [1.54, 1.807) is 0 Å². The smallest absolute Gasteiger partial charge is 0.315 e. The van der Waals surface area contributed by atoms with E-state index in [1.807, 2.05) is 36.1 Å². The van der Waals surface area contributed by atoms with Crippen molar-refractivity contribution in [2.75, 3.05) is 6.54 Å². The van der Waals surface area contributed by atoms with Gasteiger partial charge in [0.25, 0.3) is 0 Å². The molecule has 2 N–H and O–H groups in total. The highest BCUT2D eigenvalue weighted by Gasteiger charge is 2.39. The fourth-order valence-electron chi connectivity index (χ4n) is 3.70. The molecule has 1 aliphatic heterocycles. The van der Waals surface area contributed by atoms with E-state index in [-0.39, 0.29) is 24.0 Å². The summed E-state index contributed by atoms with van der Waals surface area (Å²) in [7, 11) is 0. The highest BCUT2D eigenvalue weighted by Crippen LogP contribution is 2.30. The third-order valence-electron chi connectivity index (χ3n) is 5.12. The Hall–Kier alpha value is -2.56. The van der Waals surface area contributed by atoms with Crippen LogP contribution in [0.3, 0.4) is 0 Å². The van der Waals surface area contributed by atoms with Crippen LogP contribution in [0.4, 0.5) is 4.79 Å². The van der Waals surface area contributed by atoms with Crippen LogP contribution in [0.25, 0.3) is 10.8 Å². The lowest BCUT2D eigenvalue weighted by Crippen LogP contribution is -2.44. The van der Waals surface area contributed by atoms with Crippen LogP contribution in [0.5, 0.6) is 0 Å². The van der Waals surface area contributed by atoms with Crippen molar-refractivity contribution in [3.05, 3.63) is 48.0 Å². The molecule has 5 heteroatoms. The minimum absolute atomic E-state index is 0.0900. The van der Waals surface area contributed by atoms with E-state index in [0.29, 0.717) is 19.0 Å². The average Bonchev–Trinajstić information content (AvgIpc) is 3.38. The Balaban J connectivity index is 1.39. The Labute approximate surface area is 147 Å². The molecule has 2 aromatic rings. The molecule has 5 nitrogen and oxygen atoms in total. The number of benzene rings is 2. The summed E-state index contributed by atoms with van der Waals surface area (Å²) in [6.07, 6.45) is 2.61. The SMILES string of the molecule is CC(NC(=O)NC1CC(=O)N(C2CC2)C1)c1cccc2ccccc12. The molecule has 0 radical (unpaired) electrons. The zero-order valence-electron chi connectivity index (χ0n) is 14.4. The summed E-state index contributed by atoms with van der Waals surface area (Å²) in [5.41, 5.74) is 1.09. The summed E-state index contributed by atoms with van der Waals surface area (Å²) in [6.45, 7) is 2.62. The van der Waals surface area contributed by atoms with Crippen LogP contribution >= 0.6 is 0 Å². The second kappa shape index (κ2) is 6.39. The lowest BCUT2D eigenvalue weighted by molar-refractivity contribution is -0.128. The Kier molecular flexibility index (Phi) is 4.07. The molecule has 0 aromatic heterocycles. The zero-order valence-corrected chi connectivity index (χ0v) is 14.4. The van der Waals surface area contributed by atoms with Gasteiger partial charge in [0.15, 0.2) is 0 Å². The molecule has 3 amide bonds. The van der Waals surface area contributed by atoms with Gasteiger partial charge in [-0.05, 0) is 36.1 Å². The number of nitrogens with one attached hydrogen (secondary N) is 2. The van der Waals surface area contributed by atoms with E-state index < -0.39 is 0 Å². The number of carbonyl (C=O) groups is 2. The van der Waals surface area contributed by atoms with Gasteiger partial charge in [0, 0.05) is 19.0 Å². The molecule has 25 heavy (non-hydrogen) atoms. The molecule has 2 atom stereocenters. The minimum Gasteiger partial charge on any atom is -0.338 e. The predicted octanol–water partition coefficient (Wildman–Crippen LogP) is 2.96. The third kappa shape index (κ3) is 3.31. The van der Waals surface area contributed by atoms with Gasteiger partial charge >= 0.3 is 6.03 Å². The number of nitrogens with zero attached hydrogens (tertiary/aromatic N) is 1. The fraction of sp³-hybridized carbons (Fsp3) is 0.400. The summed E-state index contributed by atoms with van der Waals surface area (Å²) in [5.74, 6) is 0.162. The molecular weight excluding hydrogens is 314 g/mol. The first-order valence-electron chi connectivity index (χ1n) is 8.96. The third-order valence-corrected chi connectivity index (χ3v) is 5.12. The lowest BCUT2D eigenvalue weighted by Gasteiger charge is -2.20. The lowest BCUT2D eigenvalue weighted by atomic mass is 10.00. The first-order valence-corrected chi connectivity index (χ1v) is 8.96. The van der Waals surface area contributed by atoms with Gasteiger partial charge in [0.2, 0.25) is 5.91 Å². The molecule has 0 spiro atoms. The van der Waals surface area contributed by atoms with Crippen LogP contribution in [0, 0.1) is 0 Å². The van der Waals surface area contributed by atoms with Crippen LogP contribution in [-0.4, -0.2) is 35.5 Å². The number of likely N-dealkylation sites (tertiary alicyclic amines) is 1. The monoisotopic (exact) mass is 337 g/mol. The van der Waals surface area contributed by atoms with Gasteiger partial charge in [0.1, 0.15) is 0 Å². The summed E-state index contributed by atoms with van der Waals surface area (Å²) in [5, 5.41) is 8.28. The second-order valence-corrected chi connectivity index (χ2v) is 7.09. The molecule has 1 saturated heterocycles. The van der Waals surface area contributed by atoms with Crippen molar-refractivity contribution in [2.45, 2.75) is 44.3 Å². The Morgan fingerprint density at radius 2 is 1.92 bits per heavy atom. The van der Waals surface area contributed by atoms with E-state index >= 15 is 0 Å². The number of rotatable bonds is 4. The fourth-order valence-corrected chi connectivity index (χ4v) is 3.70. The van der Waals surface area contributed by atoms with Crippen molar-refractivity contribution in [1.29, 1.82) is 0 Å². The molecule has 1 saturated carbocycles. The summed E-state index contributed by atoms with van der Waals surface area (Å²) < 4.78 is 0. The Morgan fingerprint density at radius 1 is 1.16 bits per heavy atom. The normalized spacial score (nSPS) is 21.4. The van der Waals surface area contributed by atoms with Gasteiger partial charge in [-0.3, -0.25) is 4.79 Å². The van der Waals surface area contributed by atoms with Gasteiger partial charge in [-0.2, -0.15) is 0 Å². The van der Waals surface area contributed by atoms with E-state index in [9.17, 15) is 9.59 Å². The largest absolute Gasteiger partial charge is 0.338 e. The molecule has 2 fully saturated rings. The van der Waals surface area contributed by atoms with Crippen molar-refractivity contribution >= 4 is 22.7 Å². The molecule has 1 aliphatic carbocycles. The zero-order chi connectivity index (χ0) is 17.4. The Bertz CT molecular complexity index is 810. The maximum atomic E-state index is 12.4. The molecule has 2 aromatic carbocycles. The van der Waals surface area contributed by atoms with Gasteiger partial charge < -0.3 is 15.5 Å². The molecular formula is C20H23N3O2. The number of hydrogen-bond acceptors (Lipinski definition) is 2. The van der Waals surface area contributed by atoms with Crippen molar-refractivity contribution < 1.29 is 9.59 Å². The summed E-state index contributed by atoms with van der Waals surface area (Å²) >= 11 is 0.